The second kappa shape index (κ2) is 4.74. The molecule has 10 heavy (non-hydrogen) atoms. The van der Waals surface area contributed by atoms with E-state index >= 15 is 0 Å². The quantitative estimate of drug-likeness (QED) is 0.393. The van der Waals surface area contributed by atoms with Gasteiger partial charge in [0.05, 0.1) is 12.9 Å². The van der Waals surface area contributed by atoms with Crippen molar-refractivity contribution in [1.82, 2.24) is 0 Å². The van der Waals surface area contributed by atoms with Gasteiger partial charge in [-0.25, -0.2) is 0 Å². The van der Waals surface area contributed by atoms with Crippen LogP contribution in [0.15, 0.2) is 12.8 Å². The highest BCUT2D eigenvalue weighted by atomic mass is 79.9. The summed E-state index contributed by atoms with van der Waals surface area (Å²) in [5, 5.41) is 0.816. The van der Waals surface area contributed by atoms with Crippen LogP contribution in [0.3, 0.4) is 0 Å². The van der Waals surface area contributed by atoms with Crippen LogP contribution in [-0.2, 0) is 9.47 Å². The van der Waals surface area contributed by atoms with Gasteiger partial charge in [-0.3, -0.25) is 0 Å². The van der Waals surface area contributed by atoms with Crippen LogP contribution in [0.2, 0.25) is 0 Å². The van der Waals surface area contributed by atoms with E-state index in [0.29, 0.717) is 6.61 Å². The second-order valence-electron chi connectivity index (χ2n) is 2.22. The monoisotopic (exact) mass is 208 g/mol. The van der Waals surface area contributed by atoms with Crippen LogP contribution in [0.4, 0.5) is 0 Å². The summed E-state index contributed by atoms with van der Waals surface area (Å²) in [5.41, 5.74) is 0. The molecule has 0 unspecified atom stereocenters. The lowest BCUT2D eigenvalue weighted by atomic mass is 10.4. The van der Waals surface area contributed by atoms with Gasteiger partial charge in [-0.2, -0.15) is 0 Å². The smallest absolute Gasteiger partial charge is 0.203 e. The molecule has 0 saturated carbocycles. The van der Waals surface area contributed by atoms with Gasteiger partial charge in [-0.15, -0.1) is 0 Å². The molecule has 0 aromatic rings. The van der Waals surface area contributed by atoms with Crippen LogP contribution in [0.25, 0.3) is 0 Å². The zero-order valence-corrected chi connectivity index (χ0v) is 7.98. The van der Waals surface area contributed by atoms with Crippen molar-refractivity contribution in [3.8, 4) is 0 Å². The fourth-order valence-electron chi connectivity index (χ4n) is 0.519. The summed E-state index contributed by atoms with van der Waals surface area (Å²) in [6, 6.07) is 0. The maximum absolute atomic E-state index is 5.28. The molecule has 0 heterocycles. The highest BCUT2D eigenvalue weighted by Gasteiger charge is 2.16. The van der Waals surface area contributed by atoms with Crippen molar-refractivity contribution in [3.63, 3.8) is 0 Å². The van der Waals surface area contributed by atoms with Crippen molar-refractivity contribution in [3.05, 3.63) is 12.8 Å². The number of rotatable bonds is 5. The molecular formula is C7H13BrO2. The van der Waals surface area contributed by atoms with Gasteiger partial charge in [0.15, 0.2) is 0 Å². The SMILES string of the molecule is C=COC(C)(C)OCCBr. The minimum absolute atomic E-state index is 0.546. The highest BCUT2D eigenvalue weighted by molar-refractivity contribution is 9.09. The van der Waals surface area contributed by atoms with Gasteiger partial charge in [0, 0.05) is 19.2 Å². The van der Waals surface area contributed by atoms with Crippen LogP contribution in [0.5, 0.6) is 0 Å². The Balaban J connectivity index is 3.51. The molecule has 0 N–H and O–H groups in total. The van der Waals surface area contributed by atoms with Gasteiger partial charge in [-0.1, -0.05) is 22.5 Å². The third-order valence-corrected chi connectivity index (χ3v) is 1.22. The number of halogens is 1. The molecular weight excluding hydrogens is 196 g/mol. The fraction of sp³-hybridized carbons (Fsp3) is 0.714. The summed E-state index contributed by atoms with van der Waals surface area (Å²) in [6.07, 6.45) is 1.38. The van der Waals surface area contributed by atoms with E-state index in [1.807, 2.05) is 13.8 Å². The molecule has 0 aromatic heterocycles. The first-order valence-corrected chi connectivity index (χ1v) is 4.23. The van der Waals surface area contributed by atoms with Crippen LogP contribution < -0.4 is 0 Å². The van der Waals surface area contributed by atoms with E-state index < -0.39 is 5.79 Å². The molecule has 2 nitrogen and oxygen atoms in total. The summed E-state index contributed by atoms with van der Waals surface area (Å²) in [5.74, 6) is -0.546. The predicted octanol–water partition coefficient (Wildman–Crippen LogP) is 2.29. The molecule has 0 spiro atoms. The fourth-order valence-corrected chi connectivity index (χ4v) is 0.681. The summed E-state index contributed by atoms with van der Waals surface area (Å²) >= 11 is 3.25. The van der Waals surface area contributed by atoms with E-state index in [2.05, 4.69) is 22.5 Å². The van der Waals surface area contributed by atoms with Gasteiger partial charge in [-0.05, 0) is 0 Å². The van der Waals surface area contributed by atoms with E-state index in [9.17, 15) is 0 Å². The third-order valence-electron chi connectivity index (χ3n) is 0.894. The Kier molecular flexibility index (Phi) is 4.73. The van der Waals surface area contributed by atoms with Crippen LogP contribution in [-0.4, -0.2) is 17.7 Å². The Morgan fingerprint density at radius 1 is 1.60 bits per heavy atom. The summed E-state index contributed by atoms with van der Waals surface area (Å²) < 4.78 is 10.3. The zero-order chi connectivity index (χ0) is 8.04. The maximum atomic E-state index is 5.28. The number of hydrogen-bond acceptors (Lipinski definition) is 2. The first-order valence-electron chi connectivity index (χ1n) is 3.11. The van der Waals surface area contributed by atoms with Crippen LogP contribution in [0, 0.1) is 0 Å². The lowest BCUT2D eigenvalue weighted by molar-refractivity contribution is -0.176. The number of hydrogen-bond donors (Lipinski definition) is 0. The molecule has 0 amide bonds. The van der Waals surface area contributed by atoms with Gasteiger partial charge in [0.1, 0.15) is 0 Å². The van der Waals surface area contributed by atoms with Crippen LogP contribution >= 0.6 is 15.9 Å². The Bertz CT molecular complexity index is 102. The third kappa shape index (κ3) is 4.82. The Hall–Kier alpha value is -0.0200. The largest absolute Gasteiger partial charge is 0.471 e. The number of alkyl halides is 1. The van der Waals surface area contributed by atoms with Gasteiger partial charge < -0.3 is 9.47 Å². The Morgan fingerprint density at radius 2 is 2.20 bits per heavy atom. The minimum Gasteiger partial charge on any atom is -0.471 e. The average Bonchev–Trinajstić information content (AvgIpc) is 1.84. The summed E-state index contributed by atoms with van der Waals surface area (Å²) in [6.45, 7) is 7.77. The number of ether oxygens (including phenoxy) is 2. The summed E-state index contributed by atoms with van der Waals surface area (Å²) in [7, 11) is 0. The average molecular weight is 209 g/mol. The van der Waals surface area contributed by atoms with E-state index in [0.717, 1.165) is 5.33 Å². The van der Waals surface area contributed by atoms with Crippen molar-refractivity contribution in [2.24, 2.45) is 0 Å². The minimum atomic E-state index is -0.546. The normalized spacial score (nSPS) is 11.1. The van der Waals surface area contributed by atoms with Crippen molar-refractivity contribution in [1.29, 1.82) is 0 Å². The van der Waals surface area contributed by atoms with Crippen molar-refractivity contribution < 1.29 is 9.47 Å². The van der Waals surface area contributed by atoms with Gasteiger partial charge in [0.2, 0.25) is 5.79 Å². The maximum Gasteiger partial charge on any atom is 0.203 e. The van der Waals surface area contributed by atoms with E-state index in [1.54, 1.807) is 0 Å². The molecule has 0 radical (unpaired) electrons. The summed E-state index contributed by atoms with van der Waals surface area (Å²) in [4.78, 5) is 0. The predicted molar refractivity (Wildman–Crippen MR) is 45.1 cm³/mol. The van der Waals surface area contributed by atoms with Gasteiger partial charge >= 0.3 is 0 Å². The van der Waals surface area contributed by atoms with Crippen molar-refractivity contribution in [2.45, 2.75) is 19.6 Å². The molecule has 60 valence electrons. The van der Waals surface area contributed by atoms with Crippen LogP contribution in [0.1, 0.15) is 13.8 Å². The van der Waals surface area contributed by atoms with E-state index in [4.69, 9.17) is 9.47 Å². The first-order chi connectivity index (χ1) is 4.62. The highest BCUT2D eigenvalue weighted by Crippen LogP contribution is 2.10. The van der Waals surface area contributed by atoms with Crippen molar-refractivity contribution >= 4 is 15.9 Å². The molecule has 0 bridgehead atoms. The second-order valence-corrected chi connectivity index (χ2v) is 3.01. The molecule has 0 rings (SSSR count). The van der Waals surface area contributed by atoms with E-state index in [-0.39, 0.29) is 0 Å². The van der Waals surface area contributed by atoms with Gasteiger partial charge in [0.25, 0.3) is 0 Å². The Labute approximate surface area is 70.3 Å². The molecule has 0 aliphatic heterocycles. The lowest BCUT2D eigenvalue weighted by Gasteiger charge is -2.23. The standard InChI is InChI=1S/C7H13BrO2/c1-4-9-7(2,3)10-6-5-8/h4H,1,5-6H2,2-3H3. The molecule has 0 saturated heterocycles. The molecule has 0 atom stereocenters. The van der Waals surface area contributed by atoms with E-state index in [1.165, 1.54) is 6.26 Å². The molecule has 3 heteroatoms. The topological polar surface area (TPSA) is 18.5 Å². The Morgan fingerprint density at radius 3 is 2.60 bits per heavy atom. The molecule has 0 aliphatic rings. The molecule has 0 aromatic carbocycles. The molecule has 0 fully saturated rings. The zero-order valence-electron chi connectivity index (χ0n) is 6.39. The first kappa shape index (κ1) is 9.98. The molecule has 0 aliphatic carbocycles. The lowest BCUT2D eigenvalue weighted by Crippen LogP contribution is -2.26. The van der Waals surface area contributed by atoms with Crippen molar-refractivity contribution in [2.75, 3.05) is 11.9 Å².